The van der Waals surface area contributed by atoms with Gasteiger partial charge in [-0.1, -0.05) is 13.8 Å². The normalized spacial score (nSPS) is 18.1. The Balaban J connectivity index is 2.41. The molecule has 2 amide bonds. The number of hydrogen-bond acceptors (Lipinski definition) is 4. The van der Waals surface area contributed by atoms with Crippen molar-refractivity contribution in [3.05, 3.63) is 0 Å². The second kappa shape index (κ2) is 8.21. The van der Waals surface area contributed by atoms with Crippen molar-refractivity contribution < 1.29 is 14.3 Å². The highest BCUT2D eigenvalue weighted by Crippen LogP contribution is 2.17. The Morgan fingerprint density at radius 2 is 1.95 bits per heavy atom. The van der Waals surface area contributed by atoms with E-state index in [0.717, 1.165) is 12.8 Å². The van der Waals surface area contributed by atoms with Gasteiger partial charge < -0.3 is 20.7 Å². The van der Waals surface area contributed by atoms with Crippen molar-refractivity contribution in [2.24, 2.45) is 17.6 Å². The molecule has 1 aliphatic heterocycles. The van der Waals surface area contributed by atoms with E-state index in [-0.39, 0.29) is 36.3 Å². The molecule has 0 radical (unpaired) electrons. The highest BCUT2D eigenvalue weighted by atomic mass is 16.5. The van der Waals surface area contributed by atoms with Gasteiger partial charge in [-0.2, -0.15) is 0 Å². The van der Waals surface area contributed by atoms with Gasteiger partial charge in [0.05, 0.1) is 5.92 Å². The third-order valence-corrected chi connectivity index (χ3v) is 3.82. The van der Waals surface area contributed by atoms with Gasteiger partial charge in [-0.15, -0.1) is 0 Å². The molecule has 1 fully saturated rings. The fourth-order valence-electron chi connectivity index (χ4n) is 2.54. The van der Waals surface area contributed by atoms with Crippen molar-refractivity contribution >= 4 is 11.8 Å². The number of carbonyl (C=O) groups is 2. The smallest absolute Gasteiger partial charge is 0.246 e. The predicted molar refractivity (Wildman–Crippen MR) is 77.0 cm³/mol. The fraction of sp³-hybridized carbons (Fsp3) is 0.857. The van der Waals surface area contributed by atoms with Crippen molar-refractivity contribution in [3.63, 3.8) is 0 Å². The number of piperidine rings is 1. The number of rotatable bonds is 6. The Morgan fingerprint density at radius 1 is 1.35 bits per heavy atom. The average Bonchev–Trinajstić information content (AvgIpc) is 2.40. The molecule has 1 aliphatic rings. The minimum Gasteiger partial charge on any atom is -0.375 e. The summed E-state index contributed by atoms with van der Waals surface area (Å²) in [6, 6.07) is 0.136. The molecule has 0 saturated carbocycles. The zero-order chi connectivity index (χ0) is 15.1. The topological polar surface area (TPSA) is 84.7 Å². The number of likely N-dealkylation sites (tertiary alicyclic amines) is 1. The van der Waals surface area contributed by atoms with E-state index in [9.17, 15) is 9.59 Å². The molecular formula is C14H27N3O3. The van der Waals surface area contributed by atoms with Crippen molar-refractivity contribution in [2.45, 2.75) is 32.7 Å². The van der Waals surface area contributed by atoms with Crippen LogP contribution in [0.15, 0.2) is 0 Å². The summed E-state index contributed by atoms with van der Waals surface area (Å²) < 4.78 is 4.79. The van der Waals surface area contributed by atoms with Crippen LogP contribution in [0.4, 0.5) is 0 Å². The van der Waals surface area contributed by atoms with Crippen LogP contribution in [0.5, 0.6) is 0 Å². The summed E-state index contributed by atoms with van der Waals surface area (Å²) in [6.45, 7) is 5.88. The molecule has 1 saturated heterocycles. The minimum atomic E-state index is -0.102. The quantitative estimate of drug-likeness (QED) is 0.718. The van der Waals surface area contributed by atoms with Crippen LogP contribution in [0, 0.1) is 11.8 Å². The molecule has 6 heteroatoms. The van der Waals surface area contributed by atoms with Gasteiger partial charge in [-0.3, -0.25) is 9.59 Å². The van der Waals surface area contributed by atoms with E-state index in [1.54, 1.807) is 0 Å². The third-order valence-electron chi connectivity index (χ3n) is 3.82. The molecule has 20 heavy (non-hydrogen) atoms. The second-order valence-electron chi connectivity index (χ2n) is 5.69. The Hall–Kier alpha value is -1.14. The lowest BCUT2D eigenvalue weighted by Gasteiger charge is -2.35. The van der Waals surface area contributed by atoms with Crippen molar-refractivity contribution in [1.29, 1.82) is 0 Å². The number of nitrogens with one attached hydrogen (secondary N) is 1. The van der Waals surface area contributed by atoms with Crippen LogP contribution in [0.3, 0.4) is 0 Å². The molecule has 0 aromatic heterocycles. The molecule has 1 rings (SSSR count). The highest BCUT2D eigenvalue weighted by molar-refractivity contribution is 5.79. The summed E-state index contributed by atoms with van der Waals surface area (Å²) in [6.07, 6.45) is 1.58. The number of nitrogens with two attached hydrogens (primary N) is 1. The van der Waals surface area contributed by atoms with E-state index in [0.29, 0.717) is 19.6 Å². The lowest BCUT2D eigenvalue weighted by molar-refractivity contribution is -0.137. The van der Waals surface area contributed by atoms with Crippen LogP contribution in [0.1, 0.15) is 26.7 Å². The average molecular weight is 285 g/mol. The van der Waals surface area contributed by atoms with Gasteiger partial charge in [0.15, 0.2) is 0 Å². The molecule has 0 aromatic carbocycles. The molecule has 0 aromatic rings. The Kier molecular flexibility index (Phi) is 6.95. The number of ether oxygens (including phenoxy) is 1. The number of methoxy groups -OCH3 is 1. The lowest BCUT2D eigenvalue weighted by atomic mass is 9.93. The summed E-state index contributed by atoms with van der Waals surface area (Å²) >= 11 is 0. The van der Waals surface area contributed by atoms with E-state index in [1.807, 2.05) is 18.7 Å². The standard InChI is InChI=1S/C14H27N3O3/c1-10(2)12(8-15)14(19)17-6-4-11(5-7-17)16-13(18)9-20-3/h10-12H,4-9,15H2,1-3H3,(H,16,18). The summed E-state index contributed by atoms with van der Waals surface area (Å²) in [5, 5.41) is 2.92. The monoisotopic (exact) mass is 285 g/mol. The lowest BCUT2D eigenvalue weighted by Crippen LogP contribution is -2.50. The number of carbonyl (C=O) groups excluding carboxylic acids is 2. The highest BCUT2D eigenvalue weighted by Gasteiger charge is 2.29. The van der Waals surface area contributed by atoms with Gasteiger partial charge in [0.25, 0.3) is 0 Å². The molecule has 1 heterocycles. The zero-order valence-corrected chi connectivity index (χ0v) is 12.7. The van der Waals surface area contributed by atoms with Crippen molar-refractivity contribution in [2.75, 3.05) is 33.4 Å². The molecule has 1 atom stereocenters. The minimum absolute atomic E-state index is 0.0851. The van der Waals surface area contributed by atoms with Gasteiger partial charge in [0.2, 0.25) is 11.8 Å². The van der Waals surface area contributed by atoms with E-state index in [1.165, 1.54) is 7.11 Å². The maximum absolute atomic E-state index is 12.3. The molecule has 0 aliphatic carbocycles. The number of nitrogens with zero attached hydrogens (tertiary/aromatic N) is 1. The van der Waals surface area contributed by atoms with E-state index in [4.69, 9.17) is 10.5 Å². The number of hydrogen-bond donors (Lipinski definition) is 2. The van der Waals surface area contributed by atoms with Crippen LogP contribution in [-0.4, -0.2) is 56.1 Å². The third kappa shape index (κ3) is 4.76. The molecule has 0 spiro atoms. The largest absolute Gasteiger partial charge is 0.375 e. The van der Waals surface area contributed by atoms with Crippen LogP contribution in [0.2, 0.25) is 0 Å². The van der Waals surface area contributed by atoms with Crippen molar-refractivity contribution in [1.82, 2.24) is 10.2 Å². The van der Waals surface area contributed by atoms with E-state index < -0.39 is 0 Å². The molecular weight excluding hydrogens is 258 g/mol. The summed E-state index contributed by atoms with van der Waals surface area (Å²) in [5.41, 5.74) is 5.69. The van der Waals surface area contributed by atoms with E-state index >= 15 is 0 Å². The second-order valence-corrected chi connectivity index (χ2v) is 5.69. The Bertz CT molecular complexity index is 326. The van der Waals surface area contributed by atoms with E-state index in [2.05, 4.69) is 5.32 Å². The first kappa shape index (κ1) is 16.9. The number of amides is 2. The fourth-order valence-corrected chi connectivity index (χ4v) is 2.54. The van der Waals surface area contributed by atoms with Crippen LogP contribution >= 0.6 is 0 Å². The van der Waals surface area contributed by atoms with Crippen LogP contribution < -0.4 is 11.1 Å². The first-order valence-corrected chi connectivity index (χ1v) is 7.26. The van der Waals surface area contributed by atoms with Crippen LogP contribution in [0.25, 0.3) is 0 Å². The molecule has 116 valence electrons. The molecule has 0 bridgehead atoms. The zero-order valence-electron chi connectivity index (χ0n) is 12.7. The van der Waals surface area contributed by atoms with Gasteiger partial charge >= 0.3 is 0 Å². The van der Waals surface area contributed by atoms with Gasteiger partial charge in [-0.05, 0) is 18.8 Å². The van der Waals surface area contributed by atoms with Crippen molar-refractivity contribution in [3.8, 4) is 0 Å². The first-order valence-electron chi connectivity index (χ1n) is 7.26. The summed E-state index contributed by atoms with van der Waals surface area (Å²) in [5.74, 6) is 0.199. The SMILES string of the molecule is COCC(=O)NC1CCN(C(=O)C(CN)C(C)C)CC1. The summed E-state index contributed by atoms with van der Waals surface area (Å²) in [7, 11) is 1.50. The maximum atomic E-state index is 12.3. The van der Waals surface area contributed by atoms with Gasteiger partial charge in [0, 0.05) is 32.8 Å². The predicted octanol–water partition coefficient (Wildman–Crippen LogP) is -0.0291. The first-order chi connectivity index (χ1) is 9.49. The maximum Gasteiger partial charge on any atom is 0.246 e. The molecule has 1 unspecified atom stereocenters. The molecule has 6 nitrogen and oxygen atoms in total. The van der Waals surface area contributed by atoms with Gasteiger partial charge in [0.1, 0.15) is 6.61 Å². The van der Waals surface area contributed by atoms with Crippen LogP contribution in [-0.2, 0) is 14.3 Å². The Labute approximate surface area is 121 Å². The van der Waals surface area contributed by atoms with Gasteiger partial charge in [-0.25, -0.2) is 0 Å². The summed E-state index contributed by atoms with van der Waals surface area (Å²) in [4.78, 5) is 25.6. The molecule has 3 N–H and O–H groups in total. The Morgan fingerprint density at radius 3 is 2.40 bits per heavy atom.